The fourth-order valence-corrected chi connectivity index (χ4v) is 1.40. The number of rotatable bonds is 3. The lowest BCUT2D eigenvalue weighted by atomic mass is 10.1. The first kappa shape index (κ1) is 10.4. The largest absolute Gasteiger partial charge is 0.508 e. The topological polar surface area (TPSA) is 32.6 Å². The molecule has 0 unspecified atom stereocenters. The number of phenols is 1. The van der Waals surface area contributed by atoms with E-state index in [0.717, 1.165) is 17.7 Å². The van der Waals surface area contributed by atoms with Crippen molar-refractivity contribution in [2.24, 2.45) is 4.99 Å². The highest BCUT2D eigenvalue weighted by atomic mass is 16.3. The van der Waals surface area contributed by atoms with Gasteiger partial charge < -0.3 is 5.11 Å². The van der Waals surface area contributed by atoms with E-state index in [0.29, 0.717) is 5.75 Å². The first-order valence-corrected chi connectivity index (χ1v) is 5.20. The maximum absolute atomic E-state index is 9.13. The van der Waals surface area contributed by atoms with E-state index < -0.39 is 0 Å². The lowest BCUT2D eigenvalue weighted by Gasteiger charge is -1.96. The van der Waals surface area contributed by atoms with Crippen molar-refractivity contribution in [2.75, 3.05) is 0 Å². The number of hydrogen-bond donors (Lipinski definition) is 1. The molecule has 0 saturated heterocycles. The lowest BCUT2D eigenvalue weighted by molar-refractivity contribution is 0.475. The van der Waals surface area contributed by atoms with Crippen molar-refractivity contribution < 1.29 is 5.11 Å². The molecule has 0 aliphatic heterocycles. The molecule has 0 atom stereocenters. The maximum atomic E-state index is 9.13. The van der Waals surface area contributed by atoms with E-state index in [-0.39, 0.29) is 0 Å². The Balaban J connectivity index is 1.97. The fourth-order valence-electron chi connectivity index (χ4n) is 1.40. The molecule has 0 radical (unpaired) electrons. The second-order valence-corrected chi connectivity index (χ2v) is 3.52. The van der Waals surface area contributed by atoms with Gasteiger partial charge in [-0.25, -0.2) is 0 Å². The summed E-state index contributed by atoms with van der Waals surface area (Å²) in [4.78, 5) is 4.34. The molecule has 2 aromatic rings. The molecule has 16 heavy (non-hydrogen) atoms. The molecule has 2 rings (SSSR count). The van der Waals surface area contributed by atoms with E-state index in [2.05, 4.69) is 4.99 Å². The number of benzene rings is 2. The lowest BCUT2D eigenvalue weighted by Crippen LogP contribution is -1.84. The molecule has 80 valence electrons. The van der Waals surface area contributed by atoms with Crippen molar-refractivity contribution in [3.63, 3.8) is 0 Å². The number of aliphatic imine (C=N–C) groups is 1. The average Bonchev–Trinajstić information content (AvgIpc) is 2.33. The minimum atomic E-state index is 0.295. The van der Waals surface area contributed by atoms with Crippen LogP contribution in [-0.4, -0.2) is 11.3 Å². The smallest absolute Gasteiger partial charge is 0.115 e. The van der Waals surface area contributed by atoms with Gasteiger partial charge in [-0.05, 0) is 29.8 Å². The van der Waals surface area contributed by atoms with Crippen LogP contribution in [0.2, 0.25) is 0 Å². The monoisotopic (exact) mass is 211 g/mol. The first-order valence-electron chi connectivity index (χ1n) is 5.20. The van der Waals surface area contributed by atoms with Gasteiger partial charge in [0, 0.05) is 12.6 Å². The van der Waals surface area contributed by atoms with Crippen LogP contribution in [0.1, 0.15) is 5.56 Å². The standard InChI is InChI=1S/C14H13NO/c16-14-8-6-12(7-9-14)10-11-15-13-4-2-1-3-5-13/h1-9,11,16H,10H2. The van der Waals surface area contributed by atoms with Crippen molar-refractivity contribution in [1.29, 1.82) is 0 Å². The van der Waals surface area contributed by atoms with Gasteiger partial charge >= 0.3 is 0 Å². The molecule has 0 aromatic heterocycles. The summed E-state index contributed by atoms with van der Waals surface area (Å²) in [5, 5.41) is 9.13. The van der Waals surface area contributed by atoms with Crippen LogP contribution in [0.15, 0.2) is 59.6 Å². The summed E-state index contributed by atoms with van der Waals surface area (Å²) in [6, 6.07) is 17.0. The Kier molecular flexibility index (Phi) is 3.34. The first-order chi connectivity index (χ1) is 7.84. The normalized spacial score (nSPS) is 10.8. The Morgan fingerprint density at radius 3 is 2.31 bits per heavy atom. The quantitative estimate of drug-likeness (QED) is 0.776. The van der Waals surface area contributed by atoms with Gasteiger partial charge in [-0.1, -0.05) is 30.3 Å². The predicted molar refractivity (Wildman–Crippen MR) is 66.4 cm³/mol. The van der Waals surface area contributed by atoms with Crippen LogP contribution in [0, 0.1) is 0 Å². The summed E-state index contributed by atoms with van der Waals surface area (Å²) in [5.41, 5.74) is 2.10. The second kappa shape index (κ2) is 5.12. The fraction of sp³-hybridized carbons (Fsp3) is 0.0714. The van der Waals surface area contributed by atoms with Crippen LogP contribution in [0.5, 0.6) is 5.75 Å². The highest BCUT2D eigenvalue weighted by molar-refractivity contribution is 5.66. The molecule has 2 heteroatoms. The van der Waals surface area contributed by atoms with Gasteiger partial charge in [-0.2, -0.15) is 0 Å². The SMILES string of the molecule is Oc1ccc(CC=Nc2ccccc2)cc1. The van der Waals surface area contributed by atoms with Crippen LogP contribution < -0.4 is 0 Å². The van der Waals surface area contributed by atoms with Gasteiger partial charge in [0.2, 0.25) is 0 Å². The summed E-state index contributed by atoms with van der Waals surface area (Å²) in [6.07, 6.45) is 2.65. The van der Waals surface area contributed by atoms with E-state index in [9.17, 15) is 0 Å². The summed E-state index contributed by atoms with van der Waals surface area (Å²) < 4.78 is 0. The van der Waals surface area contributed by atoms with E-state index >= 15 is 0 Å². The zero-order chi connectivity index (χ0) is 11.2. The highest BCUT2D eigenvalue weighted by Gasteiger charge is 1.90. The van der Waals surface area contributed by atoms with Gasteiger partial charge in [-0.3, -0.25) is 4.99 Å². The van der Waals surface area contributed by atoms with E-state index in [1.807, 2.05) is 48.7 Å². The molecule has 0 heterocycles. The third-order valence-electron chi connectivity index (χ3n) is 2.26. The zero-order valence-corrected chi connectivity index (χ0v) is 8.88. The Bertz CT molecular complexity index is 460. The number of hydrogen-bond acceptors (Lipinski definition) is 2. The van der Waals surface area contributed by atoms with Gasteiger partial charge in [0.05, 0.1) is 5.69 Å². The molecule has 0 amide bonds. The van der Waals surface area contributed by atoms with Gasteiger partial charge in [-0.15, -0.1) is 0 Å². The van der Waals surface area contributed by atoms with Crippen molar-refractivity contribution >= 4 is 11.9 Å². The third-order valence-corrected chi connectivity index (χ3v) is 2.26. The molecule has 0 fully saturated rings. The molecular formula is C14H13NO. The summed E-state index contributed by atoms with van der Waals surface area (Å²) in [6.45, 7) is 0. The second-order valence-electron chi connectivity index (χ2n) is 3.52. The highest BCUT2D eigenvalue weighted by Crippen LogP contribution is 2.11. The Morgan fingerprint density at radius 2 is 1.62 bits per heavy atom. The van der Waals surface area contributed by atoms with Gasteiger partial charge in [0.15, 0.2) is 0 Å². The molecule has 0 aliphatic carbocycles. The molecule has 0 bridgehead atoms. The molecule has 0 spiro atoms. The minimum absolute atomic E-state index is 0.295. The zero-order valence-electron chi connectivity index (χ0n) is 8.88. The molecule has 2 aromatic carbocycles. The van der Waals surface area contributed by atoms with Crippen LogP contribution in [-0.2, 0) is 6.42 Å². The van der Waals surface area contributed by atoms with E-state index in [4.69, 9.17) is 5.11 Å². The third kappa shape index (κ3) is 2.95. The molecular weight excluding hydrogens is 198 g/mol. The van der Waals surface area contributed by atoms with E-state index in [1.165, 1.54) is 0 Å². The van der Waals surface area contributed by atoms with Crippen LogP contribution in [0.25, 0.3) is 0 Å². The van der Waals surface area contributed by atoms with Crippen LogP contribution in [0.3, 0.4) is 0 Å². The van der Waals surface area contributed by atoms with Crippen molar-refractivity contribution in [3.8, 4) is 5.75 Å². The van der Waals surface area contributed by atoms with Crippen molar-refractivity contribution in [3.05, 3.63) is 60.2 Å². The van der Waals surface area contributed by atoms with Crippen LogP contribution >= 0.6 is 0 Å². The molecule has 0 saturated carbocycles. The Morgan fingerprint density at radius 1 is 0.938 bits per heavy atom. The van der Waals surface area contributed by atoms with E-state index in [1.54, 1.807) is 12.1 Å². The van der Waals surface area contributed by atoms with Gasteiger partial charge in [0.1, 0.15) is 5.75 Å². The summed E-state index contributed by atoms with van der Waals surface area (Å²) >= 11 is 0. The van der Waals surface area contributed by atoms with Crippen molar-refractivity contribution in [2.45, 2.75) is 6.42 Å². The number of nitrogens with zero attached hydrogens (tertiary/aromatic N) is 1. The molecule has 0 aliphatic rings. The number of aromatic hydroxyl groups is 1. The van der Waals surface area contributed by atoms with Crippen molar-refractivity contribution in [1.82, 2.24) is 0 Å². The molecule has 2 nitrogen and oxygen atoms in total. The number of phenolic OH excluding ortho intramolecular Hbond substituents is 1. The molecule has 1 N–H and O–H groups in total. The Labute approximate surface area is 94.9 Å². The van der Waals surface area contributed by atoms with Gasteiger partial charge in [0.25, 0.3) is 0 Å². The average molecular weight is 211 g/mol. The summed E-state index contributed by atoms with van der Waals surface area (Å²) in [7, 11) is 0. The Hall–Kier alpha value is -2.09. The predicted octanol–water partition coefficient (Wildman–Crippen LogP) is 3.34. The number of para-hydroxylation sites is 1. The van der Waals surface area contributed by atoms with Crippen LogP contribution in [0.4, 0.5) is 5.69 Å². The summed E-state index contributed by atoms with van der Waals surface area (Å²) in [5.74, 6) is 0.295. The maximum Gasteiger partial charge on any atom is 0.115 e. The minimum Gasteiger partial charge on any atom is -0.508 e.